The number of rotatable bonds is 1. The smallest absolute Gasteiger partial charge is 0.190 e. The van der Waals surface area contributed by atoms with Crippen LogP contribution in [0.1, 0.15) is 5.56 Å². The van der Waals surface area contributed by atoms with Gasteiger partial charge in [-0.2, -0.15) is 0 Å². The van der Waals surface area contributed by atoms with Crippen molar-refractivity contribution in [2.75, 3.05) is 5.32 Å². The quantitative estimate of drug-likeness (QED) is 0.325. The number of nitrogens with one attached hydrogen (secondary N) is 2. The summed E-state index contributed by atoms with van der Waals surface area (Å²) in [6, 6.07) is 7.16. The summed E-state index contributed by atoms with van der Waals surface area (Å²) in [6.07, 6.45) is 5.19. The molecule has 0 aliphatic heterocycles. The van der Waals surface area contributed by atoms with Gasteiger partial charge in [0.2, 0.25) is 0 Å². The highest BCUT2D eigenvalue weighted by atomic mass is 15.0. The molecule has 0 unspecified atom stereocenters. The molecule has 0 aliphatic rings. The molecule has 0 bridgehead atoms. The summed E-state index contributed by atoms with van der Waals surface area (Å²) in [7, 11) is 0. The molecule has 0 amide bonds. The number of nitrogens with two attached hydrogens (primary N) is 1. The van der Waals surface area contributed by atoms with Crippen LogP contribution in [0, 0.1) is 17.8 Å². The Morgan fingerprint density at radius 1 is 1.58 bits per heavy atom. The van der Waals surface area contributed by atoms with Gasteiger partial charge >= 0.3 is 0 Å². The Labute approximate surface area is 71.1 Å². The molecular formula is C9H9N3. The molecular weight excluding hydrogens is 150 g/mol. The van der Waals surface area contributed by atoms with E-state index in [0.717, 1.165) is 11.3 Å². The molecule has 0 heterocycles. The maximum Gasteiger partial charge on any atom is 0.190 e. The van der Waals surface area contributed by atoms with Crippen LogP contribution in [0.15, 0.2) is 24.3 Å². The summed E-state index contributed by atoms with van der Waals surface area (Å²) >= 11 is 0. The average Bonchev–Trinajstić information content (AvgIpc) is 2.03. The molecule has 4 N–H and O–H groups in total. The van der Waals surface area contributed by atoms with Crippen molar-refractivity contribution in [1.82, 2.24) is 0 Å². The standard InChI is InChI=1S/C9H9N3/c1-2-7-4-3-5-8(6-7)12-9(10)11/h1,3-6H,(H4,10,11,12). The van der Waals surface area contributed by atoms with Gasteiger partial charge in [-0.1, -0.05) is 12.0 Å². The predicted molar refractivity (Wildman–Crippen MR) is 49.9 cm³/mol. The fourth-order valence-electron chi connectivity index (χ4n) is 0.842. The normalized spacial score (nSPS) is 8.58. The number of benzene rings is 1. The third kappa shape index (κ3) is 2.03. The molecule has 0 saturated carbocycles. The minimum Gasteiger partial charge on any atom is -0.370 e. The van der Waals surface area contributed by atoms with Gasteiger partial charge in [-0.15, -0.1) is 6.42 Å². The molecule has 0 saturated heterocycles. The summed E-state index contributed by atoms with van der Waals surface area (Å²) < 4.78 is 0. The lowest BCUT2D eigenvalue weighted by Gasteiger charge is -2.02. The molecule has 0 aliphatic carbocycles. The van der Waals surface area contributed by atoms with Crippen molar-refractivity contribution in [3.05, 3.63) is 29.8 Å². The molecule has 3 heteroatoms. The monoisotopic (exact) mass is 159 g/mol. The van der Waals surface area contributed by atoms with Crippen LogP contribution in [0.5, 0.6) is 0 Å². The predicted octanol–water partition coefficient (Wildman–Crippen LogP) is 0.973. The molecule has 1 rings (SSSR count). The van der Waals surface area contributed by atoms with Gasteiger partial charge in [0.05, 0.1) is 0 Å². The zero-order valence-corrected chi connectivity index (χ0v) is 6.46. The van der Waals surface area contributed by atoms with Crippen molar-refractivity contribution >= 4 is 11.6 Å². The van der Waals surface area contributed by atoms with E-state index >= 15 is 0 Å². The SMILES string of the molecule is C#Cc1cccc(NC(=N)N)c1. The van der Waals surface area contributed by atoms with Gasteiger partial charge in [-0.25, -0.2) is 0 Å². The first-order chi connectivity index (χ1) is 5.72. The molecule has 3 nitrogen and oxygen atoms in total. The lowest BCUT2D eigenvalue weighted by Crippen LogP contribution is -2.20. The maximum absolute atomic E-state index is 6.97. The third-order valence-electron chi connectivity index (χ3n) is 1.31. The van der Waals surface area contributed by atoms with Crippen molar-refractivity contribution in [3.63, 3.8) is 0 Å². The van der Waals surface area contributed by atoms with Gasteiger partial charge in [-0.05, 0) is 18.2 Å². The Balaban J connectivity index is 2.88. The molecule has 12 heavy (non-hydrogen) atoms. The van der Waals surface area contributed by atoms with E-state index in [1.165, 1.54) is 0 Å². The van der Waals surface area contributed by atoms with Crippen LogP contribution >= 0.6 is 0 Å². The van der Waals surface area contributed by atoms with Crippen LogP contribution in [-0.2, 0) is 0 Å². The topological polar surface area (TPSA) is 61.9 Å². The molecule has 1 aromatic carbocycles. The number of hydrogen-bond acceptors (Lipinski definition) is 1. The van der Waals surface area contributed by atoms with E-state index in [1.54, 1.807) is 18.2 Å². The lowest BCUT2D eigenvalue weighted by molar-refractivity contribution is 1.41. The Morgan fingerprint density at radius 3 is 2.92 bits per heavy atom. The Bertz CT molecular complexity index is 336. The first kappa shape index (κ1) is 8.15. The second kappa shape index (κ2) is 3.44. The summed E-state index contributed by atoms with van der Waals surface area (Å²) in [5, 5.41) is 9.62. The molecule has 0 atom stereocenters. The molecule has 60 valence electrons. The van der Waals surface area contributed by atoms with E-state index in [2.05, 4.69) is 11.2 Å². The van der Waals surface area contributed by atoms with Crippen LogP contribution in [0.2, 0.25) is 0 Å². The van der Waals surface area contributed by atoms with Crippen molar-refractivity contribution in [3.8, 4) is 12.3 Å². The molecule has 1 aromatic rings. The average molecular weight is 159 g/mol. The first-order valence-electron chi connectivity index (χ1n) is 3.40. The van der Waals surface area contributed by atoms with Crippen LogP contribution in [-0.4, -0.2) is 5.96 Å². The maximum atomic E-state index is 6.97. The first-order valence-corrected chi connectivity index (χ1v) is 3.40. The highest BCUT2D eigenvalue weighted by Gasteiger charge is 1.92. The minimum atomic E-state index is -0.0934. The van der Waals surface area contributed by atoms with Gasteiger partial charge in [-0.3, -0.25) is 5.41 Å². The van der Waals surface area contributed by atoms with Crippen molar-refractivity contribution < 1.29 is 0 Å². The zero-order chi connectivity index (χ0) is 8.97. The molecule has 0 aromatic heterocycles. The van der Waals surface area contributed by atoms with Crippen LogP contribution in [0.25, 0.3) is 0 Å². The second-order valence-electron chi connectivity index (χ2n) is 2.26. The van der Waals surface area contributed by atoms with Crippen molar-refractivity contribution in [2.24, 2.45) is 5.73 Å². The number of guanidine groups is 1. The van der Waals surface area contributed by atoms with Gasteiger partial charge < -0.3 is 11.1 Å². The number of terminal acetylenes is 1. The largest absolute Gasteiger partial charge is 0.370 e. The highest BCUT2D eigenvalue weighted by Crippen LogP contribution is 2.08. The zero-order valence-electron chi connectivity index (χ0n) is 6.46. The summed E-state index contributed by atoms with van der Waals surface area (Å²) in [4.78, 5) is 0. The Hall–Kier alpha value is -1.95. The van der Waals surface area contributed by atoms with Crippen molar-refractivity contribution in [1.29, 1.82) is 5.41 Å². The van der Waals surface area contributed by atoms with Crippen LogP contribution in [0.3, 0.4) is 0 Å². The fraction of sp³-hybridized carbons (Fsp3) is 0. The van der Waals surface area contributed by atoms with E-state index in [0.29, 0.717) is 0 Å². The van der Waals surface area contributed by atoms with E-state index in [1.807, 2.05) is 6.07 Å². The second-order valence-corrected chi connectivity index (χ2v) is 2.26. The molecule has 0 spiro atoms. The van der Waals surface area contributed by atoms with Crippen molar-refractivity contribution in [2.45, 2.75) is 0 Å². The molecule has 0 radical (unpaired) electrons. The summed E-state index contributed by atoms with van der Waals surface area (Å²) in [5.74, 6) is 2.40. The fourth-order valence-corrected chi connectivity index (χ4v) is 0.842. The van der Waals surface area contributed by atoms with Crippen LogP contribution in [0.4, 0.5) is 5.69 Å². The van der Waals surface area contributed by atoms with E-state index in [4.69, 9.17) is 17.6 Å². The van der Waals surface area contributed by atoms with E-state index in [-0.39, 0.29) is 5.96 Å². The van der Waals surface area contributed by atoms with Gasteiger partial charge in [0.15, 0.2) is 5.96 Å². The van der Waals surface area contributed by atoms with E-state index in [9.17, 15) is 0 Å². The summed E-state index contributed by atoms with van der Waals surface area (Å²) in [6.45, 7) is 0. The number of anilines is 1. The van der Waals surface area contributed by atoms with Gasteiger partial charge in [0, 0.05) is 11.3 Å². The molecule has 0 fully saturated rings. The van der Waals surface area contributed by atoms with Gasteiger partial charge in [0.25, 0.3) is 0 Å². The van der Waals surface area contributed by atoms with E-state index < -0.39 is 0 Å². The van der Waals surface area contributed by atoms with Crippen LogP contribution < -0.4 is 11.1 Å². The lowest BCUT2D eigenvalue weighted by atomic mass is 10.2. The van der Waals surface area contributed by atoms with Gasteiger partial charge in [0.1, 0.15) is 0 Å². The summed E-state index contributed by atoms with van der Waals surface area (Å²) in [5.41, 5.74) is 6.64. The third-order valence-corrected chi connectivity index (χ3v) is 1.31. The number of hydrogen-bond donors (Lipinski definition) is 3. The minimum absolute atomic E-state index is 0.0934. The Morgan fingerprint density at radius 2 is 2.33 bits per heavy atom. The Kier molecular flexibility index (Phi) is 2.34. The highest BCUT2D eigenvalue weighted by molar-refractivity contribution is 5.89.